The van der Waals surface area contributed by atoms with Crippen molar-refractivity contribution >= 4 is 27.3 Å². The summed E-state index contributed by atoms with van der Waals surface area (Å²) in [5.74, 6) is 0. The predicted molar refractivity (Wildman–Crippen MR) is 78.9 cm³/mol. The average molecular weight is 323 g/mol. The number of nitrogens with zero attached hydrogens (tertiary/aromatic N) is 1. The van der Waals surface area contributed by atoms with Crippen LogP contribution in [0.3, 0.4) is 0 Å². The van der Waals surface area contributed by atoms with Crippen molar-refractivity contribution < 1.29 is 0 Å². The molecule has 1 saturated carbocycles. The molecular weight excluding hydrogens is 308 g/mol. The normalized spacial score (nSPS) is 14.9. The Hall–Kier alpha value is -0.710. The lowest BCUT2D eigenvalue weighted by atomic mass is 10.2. The molecule has 1 aliphatic carbocycles. The fraction of sp³-hybridized carbons (Fsp3) is 0.357. The Labute approximate surface area is 120 Å². The molecule has 18 heavy (non-hydrogen) atoms. The highest BCUT2D eigenvalue weighted by molar-refractivity contribution is 9.10. The third-order valence-electron chi connectivity index (χ3n) is 3.05. The van der Waals surface area contributed by atoms with E-state index in [1.54, 1.807) is 11.3 Å². The minimum absolute atomic E-state index is 0.749. The molecule has 0 amide bonds. The smallest absolute Gasteiger partial charge is 0.0973 e. The van der Waals surface area contributed by atoms with E-state index in [2.05, 4.69) is 49.8 Å². The lowest BCUT2D eigenvalue weighted by molar-refractivity contribution is 0.676. The number of hydrogen-bond acceptors (Lipinski definition) is 3. The SMILES string of the molecule is Brc1ccccc1Cc1nc(CNC2CC2)cs1. The van der Waals surface area contributed by atoms with Gasteiger partial charge in [0.15, 0.2) is 0 Å². The maximum Gasteiger partial charge on any atom is 0.0973 e. The number of benzene rings is 1. The van der Waals surface area contributed by atoms with E-state index in [9.17, 15) is 0 Å². The zero-order valence-electron chi connectivity index (χ0n) is 10.0. The molecule has 3 rings (SSSR count). The summed E-state index contributed by atoms with van der Waals surface area (Å²) in [5.41, 5.74) is 2.47. The van der Waals surface area contributed by atoms with Crippen LogP contribution in [0, 0.1) is 0 Å². The molecule has 1 aromatic heterocycles. The van der Waals surface area contributed by atoms with Gasteiger partial charge in [0.2, 0.25) is 0 Å². The van der Waals surface area contributed by atoms with Crippen LogP contribution in [0.1, 0.15) is 29.1 Å². The maximum atomic E-state index is 4.68. The van der Waals surface area contributed by atoms with E-state index in [1.165, 1.54) is 29.1 Å². The summed E-state index contributed by atoms with van der Waals surface area (Å²) >= 11 is 5.34. The second-order valence-electron chi connectivity index (χ2n) is 4.66. The molecule has 1 fully saturated rings. The first-order chi connectivity index (χ1) is 8.81. The van der Waals surface area contributed by atoms with Crippen molar-refractivity contribution in [3.05, 3.63) is 50.4 Å². The van der Waals surface area contributed by atoms with E-state index in [-0.39, 0.29) is 0 Å². The van der Waals surface area contributed by atoms with Gasteiger partial charge in [0, 0.05) is 28.9 Å². The molecule has 0 atom stereocenters. The Morgan fingerprint density at radius 2 is 2.17 bits per heavy atom. The topological polar surface area (TPSA) is 24.9 Å². The fourth-order valence-electron chi connectivity index (χ4n) is 1.85. The molecule has 1 N–H and O–H groups in total. The van der Waals surface area contributed by atoms with Gasteiger partial charge in [0.05, 0.1) is 10.7 Å². The standard InChI is InChI=1S/C14H15BrN2S/c15-13-4-2-1-3-10(13)7-14-17-12(9-18-14)8-16-11-5-6-11/h1-4,9,11,16H,5-8H2. The average Bonchev–Trinajstić information content (AvgIpc) is 3.10. The van der Waals surface area contributed by atoms with Gasteiger partial charge in [-0.05, 0) is 24.5 Å². The van der Waals surface area contributed by atoms with Crippen LogP contribution in [0.4, 0.5) is 0 Å². The van der Waals surface area contributed by atoms with Crippen molar-refractivity contribution in [2.45, 2.75) is 31.8 Å². The molecule has 4 heteroatoms. The first-order valence-electron chi connectivity index (χ1n) is 6.21. The Morgan fingerprint density at radius 3 is 2.94 bits per heavy atom. The highest BCUT2D eigenvalue weighted by atomic mass is 79.9. The van der Waals surface area contributed by atoms with Gasteiger partial charge in [-0.15, -0.1) is 11.3 Å². The first-order valence-corrected chi connectivity index (χ1v) is 7.88. The third-order valence-corrected chi connectivity index (χ3v) is 4.72. The minimum Gasteiger partial charge on any atom is -0.308 e. The largest absolute Gasteiger partial charge is 0.308 e. The van der Waals surface area contributed by atoms with Gasteiger partial charge in [-0.1, -0.05) is 34.1 Å². The number of hydrogen-bond donors (Lipinski definition) is 1. The zero-order chi connectivity index (χ0) is 12.4. The molecule has 0 radical (unpaired) electrons. The molecule has 0 unspecified atom stereocenters. The highest BCUT2D eigenvalue weighted by Gasteiger charge is 2.20. The molecule has 0 saturated heterocycles. The molecule has 0 spiro atoms. The number of halogens is 1. The monoisotopic (exact) mass is 322 g/mol. The van der Waals surface area contributed by atoms with Crippen LogP contribution < -0.4 is 5.32 Å². The quantitative estimate of drug-likeness (QED) is 0.906. The number of aromatic nitrogens is 1. The van der Waals surface area contributed by atoms with Crippen molar-refractivity contribution in [1.82, 2.24) is 10.3 Å². The molecule has 1 aromatic carbocycles. The highest BCUT2D eigenvalue weighted by Crippen LogP contribution is 2.22. The van der Waals surface area contributed by atoms with Crippen LogP contribution in [0.15, 0.2) is 34.1 Å². The fourth-order valence-corrected chi connectivity index (χ4v) is 3.09. The molecule has 0 aliphatic heterocycles. The van der Waals surface area contributed by atoms with E-state index in [1.807, 2.05) is 6.07 Å². The van der Waals surface area contributed by atoms with Gasteiger partial charge < -0.3 is 5.32 Å². The van der Waals surface area contributed by atoms with E-state index in [0.717, 1.165) is 23.5 Å². The van der Waals surface area contributed by atoms with Crippen molar-refractivity contribution in [3.63, 3.8) is 0 Å². The number of nitrogens with one attached hydrogen (secondary N) is 1. The molecule has 1 heterocycles. The van der Waals surface area contributed by atoms with Gasteiger partial charge in [-0.3, -0.25) is 0 Å². The first kappa shape index (κ1) is 12.3. The summed E-state index contributed by atoms with van der Waals surface area (Å²) in [6, 6.07) is 9.09. The lowest BCUT2D eigenvalue weighted by Crippen LogP contribution is -2.15. The molecular formula is C14H15BrN2S. The summed E-state index contributed by atoms with van der Waals surface area (Å²) in [6.45, 7) is 0.914. The second-order valence-corrected chi connectivity index (χ2v) is 6.45. The Morgan fingerprint density at radius 1 is 1.33 bits per heavy atom. The van der Waals surface area contributed by atoms with Gasteiger partial charge in [-0.2, -0.15) is 0 Å². The lowest BCUT2D eigenvalue weighted by Gasteiger charge is -2.01. The van der Waals surface area contributed by atoms with Crippen LogP contribution in [0.25, 0.3) is 0 Å². The second kappa shape index (κ2) is 5.51. The summed E-state index contributed by atoms with van der Waals surface area (Å²) < 4.78 is 1.16. The minimum atomic E-state index is 0.749. The molecule has 1 aliphatic rings. The van der Waals surface area contributed by atoms with Crippen molar-refractivity contribution in [3.8, 4) is 0 Å². The van der Waals surface area contributed by atoms with E-state index in [0.29, 0.717) is 0 Å². The Balaban J connectivity index is 1.63. The van der Waals surface area contributed by atoms with Crippen molar-refractivity contribution in [2.75, 3.05) is 0 Å². The van der Waals surface area contributed by atoms with E-state index < -0.39 is 0 Å². The van der Waals surface area contributed by atoms with Crippen LogP contribution >= 0.6 is 27.3 Å². The van der Waals surface area contributed by atoms with Crippen molar-refractivity contribution in [2.24, 2.45) is 0 Å². The third kappa shape index (κ3) is 3.19. The molecule has 2 nitrogen and oxygen atoms in total. The van der Waals surface area contributed by atoms with Gasteiger partial charge in [0.1, 0.15) is 0 Å². The molecule has 0 bridgehead atoms. The zero-order valence-corrected chi connectivity index (χ0v) is 12.4. The Bertz CT molecular complexity index is 534. The van der Waals surface area contributed by atoms with E-state index >= 15 is 0 Å². The van der Waals surface area contributed by atoms with E-state index in [4.69, 9.17) is 0 Å². The number of thiazole rings is 1. The van der Waals surface area contributed by atoms with Crippen LogP contribution in [-0.4, -0.2) is 11.0 Å². The van der Waals surface area contributed by atoms with Gasteiger partial charge in [-0.25, -0.2) is 4.98 Å². The maximum absolute atomic E-state index is 4.68. The van der Waals surface area contributed by atoms with Crippen LogP contribution in [0.5, 0.6) is 0 Å². The summed E-state index contributed by atoms with van der Waals surface area (Å²) in [6.07, 6.45) is 3.57. The van der Waals surface area contributed by atoms with Gasteiger partial charge >= 0.3 is 0 Å². The Kier molecular flexibility index (Phi) is 3.77. The molecule has 2 aromatic rings. The van der Waals surface area contributed by atoms with Crippen molar-refractivity contribution in [1.29, 1.82) is 0 Å². The van der Waals surface area contributed by atoms with Gasteiger partial charge in [0.25, 0.3) is 0 Å². The van der Waals surface area contributed by atoms with Crippen LogP contribution in [-0.2, 0) is 13.0 Å². The predicted octanol–water partition coefficient (Wildman–Crippen LogP) is 3.75. The van der Waals surface area contributed by atoms with Crippen LogP contribution in [0.2, 0.25) is 0 Å². The summed E-state index contributed by atoms with van der Waals surface area (Å²) in [4.78, 5) is 4.68. The summed E-state index contributed by atoms with van der Waals surface area (Å²) in [7, 11) is 0. The number of rotatable bonds is 5. The molecule has 94 valence electrons. The summed E-state index contributed by atoms with van der Waals surface area (Å²) in [5, 5.41) is 6.85.